The van der Waals surface area contributed by atoms with Crippen LogP contribution >= 0.6 is 0 Å². The second kappa shape index (κ2) is 10.7. The highest BCUT2D eigenvalue weighted by atomic mass is 19.1. The first-order valence-electron chi connectivity index (χ1n) is 12.2. The minimum atomic E-state index is -0.658. The van der Waals surface area contributed by atoms with Gasteiger partial charge in [-0.05, 0) is 86.8 Å². The van der Waals surface area contributed by atoms with Crippen molar-refractivity contribution in [1.82, 2.24) is 0 Å². The predicted octanol–water partition coefficient (Wildman–Crippen LogP) is 6.43. The van der Waals surface area contributed by atoms with Gasteiger partial charge >= 0.3 is 0 Å². The highest BCUT2D eigenvalue weighted by molar-refractivity contribution is 5.74. The Hall–Kier alpha value is -4.20. The Balaban J connectivity index is 1.68. The number of ether oxygens (including phenoxy) is 2. The summed E-state index contributed by atoms with van der Waals surface area (Å²) in [6.07, 6.45) is 0. The van der Waals surface area contributed by atoms with E-state index >= 15 is 0 Å². The highest BCUT2D eigenvalue weighted by Crippen LogP contribution is 2.34. The van der Waals surface area contributed by atoms with E-state index in [-0.39, 0.29) is 17.4 Å². The second-order valence-corrected chi connectivity index (χ2v) is 10.2. The van der Waals surface area contributed by atoms with E-state index in [1.54, 1.807) is 33.9 Å². The van der Waals surface area contributed by atoms with E-state index in [1.807, 2.05) is 54.3 Å². The summed E-state index contributed by atoms with van der Waals surface area (Å²) in [4.78, 5) is 26.4. The molecular weight excluding hydrogens is 490 g/mol. The zero-order valence-electron chi connectivity index (χ0n) is 22.0. The molecule has 198 valence electrons. The van der Waals surface area contributed by atoms with Crippen LogP contribution < -0.4 is 30.5 Å². The fraction of sp³-hybridized carbons (Fsp3) is 0.267. The summed E-state index contributed by atoms with van der Waals surface area (Å²) in [7, 11) is 1.58. The van der Waals surface area contributed by atoms with E-state index in [1.165, 1.54) is 12.1 Å². The Kier molecular flexibility index (Phi) is 7.53. The van der Waals surface area contributed by atoms with Crippen LogP contribution in [-0.2, 0) is 0 Å². The molecule has 1 N–H and O–H groups in total. The van der Waals surface area contributed by atoms with Crippen molar-refractivity contribution >= 4 is 22.7 Å². The molecule has 8 heteroatoms. The molecule has 0 spiro atoms. The zero-order chi connectivity index (χ0) is 27.6. The second-order valence-electron chi connectivity index (χ2n) is 10.2. The molecule has 0 amide bonds. The van der Waals surface area contributed by atoms with Crippen molar-refractivity contribution in [3.8, 4) is 11.5 Å². The fourth-order valence-electron chi connectivity index (χ4n) is 4.14. The molecule has 1 atom stereocenters. The van der Waals surface area contributed by atoms with Crippen molar-refractivity contribution in [2.75, 3.05) is 23.9 Å². The van der Waals surface area contributed by atoms with Gasteiger partial charge in [-0.15, -0.1) is 0 Å². The molecule has 0 saturated heterocycles. The van der Waals surface area contributed by atoms with Crippen LogP contribution in [0, 0.1) is 11.6 Å². The van der Waals surface area contributed by atoms with E-state index in [4.69, 9.17) is 9.47 Å². The summed E-state index contributed by atoms with van der Waals surface area (Å²) >= 11 is 0. The van der Waals surface area contributed by atoms with Gasteiger partial charge in [0.1, 0.15) is 28.7 Å². The smallest absolute Gasteiger partial charge is 0.272 e. The van der Waals surface area contributed by atoms with Crippen molar-refractivity contribution in [3.63, 3.8) is 0 Å². The normalized spacial score (nSPS) is 12.3. The van der Waals surface area contributed by atoms with Crippen LogP contribution in [0.25, 0.3) is 0 Å². The molecule has 0 saturated carbocycles. The minimum Gasteiger partial charge on any atom is -0.497 e. The maximum atomic E-state index is 13.9. The molecule has 4 aromatic rings. The van der Waals surface area contributed by atoms with Crippen molar-refractivity contribution in [2.45, 2.75) is 39.2 Å². The van der Waals surface area contributed by atoms with Gasteiger partial charge in [0, 0.05) is 29.7 Å². The quantitative estimate of drug-likeness (QED) is 0.257. The van der Waals surface area contributed by atoms with Gasteiger partial charge in [0.05, 0.1) is 7.11 Å². The van der Waals surface area contributed by atoms with Crippen LogP contribution in [0.15, 0.2) is 76.3 Å². The van der Waals surface area contributed by atoms with Crippen LogP contribution in [0.1, 0.15) is 39.2 Å². The third kappa shape index (κ3) is 6.02. The van der Waals surface area contributed by atoms with E-state index in [9.17, 15) is 18.4 Å². The van der Waals surface area contributed by atoms with Crippen LogP contribution in [-0.4, -0.2) is 19.3 Å². The van der Waals surface area contributed by atoms with E-state index in [2.05, 4.69) is 5.32 Å². The molecule has 0 bridgehead atoms. The lowest BCUT2D eigenvalue weighted by Crippen LogP contribution is -2.39. The molecule has 0 heterocycles. The van der Waals surface area contributed by atoms with Crippen molar-refractivity contribution in [1.29, 1.82) is 0 Å². The Morgan fingerprint density at radius 2 is 1.55 bits per heavy atom. The fourth-order valence-corrected chi connectivity index (χ4v) is 4.14. The lowest BCUT2D eigenvalue weighted by atomic mass is 9.99. The molecule has 0 aromatic heterocycles. The van der Waals surface area contributed by atoms with Gasteiger partial charge in [0.15, 0.2) is 5.75 Å². The first-order valence-corrected chi connectivity index (χ1v) is 12.2. The molecule has 0 aliphatic carbocycles. The maximum absolute atomic E-state index is 13.9. The Bertz CT molecular complexity index is 1480. The van der Waals surface area contributed by atoms with Gasteiger partial charge < -0.3 is 19.7 Å². The van der Waals surface area contributed by atoms with Crippen LogP contribution in [0.3, 0.4) is 0 Å². The van der Waals surface area contributed by atoms with Gasteiger partial charge in [-0.25, -0.2) is 8.78 Å². The van der Waals surface area contributed by atoms with E-state index in [0.29, 0.717) is 23.5 Å². The number of benzene rings is 3. The summed E-state index contributed by atoms with van der Waals surface area (Å²) in [5, 5.41) is 3.03. The lowest BCUT2D eigenvalue weighted by Gasteiger charge is -2.29. The van der Waals surface area contributed by atoms with Gasteiger partial charge in [-0.3, -0.25) is 9.59 Å². The molecule has 38 heavy (non-hydrogen) atoms. The number of nitrogens with zero attached hydrogens (tertiary/aromatic N) is 1. The molecule has 4 rings (SSSR count). The average Bonchev–Trinajstić information content (AvgIpc) is 2.88. The van der Waals surface area contributed by atoms with E-state index < -0.39 is 28.1 Å². The van der Waals surface area contributed by atoms with Gasteiger partial charge in [-0.2, -0.15) is 0 Å². The van der Waals surface area contributed by atoms with Crippen LogP contribution in [0.2, 0.25) is 0 Å². The zero-order valence-corrected chi connectivity index (χ0v) is 22.0. The average molecular weight is 521 g/mol. The predicted molar refractivity (Wildman–Crippen MR) is 146 cm³/mol. The monoisotopic (exact) mass is 520 g/mol. The summed E-state index contributed by atoms with van der Waals surface area (Å²) in [6.45, 7) is 7.69. The van der Waals surface area contributed by atoms with Gasteiger partial charge in [0.2, 0.25) is 0 Å². The minimum absolute atomic E-state index is 0.0154. The molecule has 0 aliphatic heterocycles. The number of methoxy groups -OCH3 is 1. The molecule has 4 aromatic carbocycles. The number of hydrogen-bond donors (Lipinski definition) is 1. The topological polar surface area (TPSA) is 67.9 Å². The molecule has 1 unspecified atom stereocenters. The number of halogens is 2. The molecule has 0 aliphatic rings. The number of hydrogen-bond acceptors (Lipinski definition) is 6. The maximum Gasteiger partial charge on any atom is 0.272 e. The Labute approximate surface area is 220 Å². The standard InChI is InChI=1S/C30H30F2N2O4/c1-18(19-13-20(31)15-21(32)14-19)17-34(23-9-11-25(37-5)12-10-23)24-8-6-7-22(16-24)33-26-27(35)28(36)29(26)38-30(2,3)4/h6-16,18,33H,17H2,1-5H3. The van der Waals surface area contributed by atoms with Gasteiger partial charge in [0.25, 0.3) is 10.9 Å². The molecule has 0 radical (unpaired) electrons. The number of nitrogens with one attached hydrogen (secondary N) is 1. The van der Waals surface area contributed by atoms with Crippen LogP contribution in [0.4, 0.5) is 31.5 Å². The molecule has 6 nitrogen and oxygen atoms in total. The molecular formula is C30H30F2N2O4. The Morgan fingerprint density at radius 1 is 0.895 bits per heavy atom. The summed E-state index contributed by atoms with van der Waals surface area (Å²) in [6, 6.07) is 18.3. The first-order chi connectivity index (χ1) is 17.9. The van der Waals surface area contributed by atoms with Crippen molar-refractivity contribution in [2.24, 2.45) is 0 Å². The largest absolute Gasteiger partial charge is 0.497 e. The Morgan fingerprint density at radius 3 is 2.16 bits per heavy atom. The van der Waals surface area contributed by atoms with E-state index in [0.717, 1.165) is 17.4 Å². The number of anilines is 4. The third-order valence-electron chi connectivity index (χ3n) is 6.00. The first kappa shape index (κ1) is 26.9. The van der Waals surface area contributed by atoms with Crippen LogP contribution in [0.5, 0.6) is 11.5 Å². The summed E-state index contributed by atoms with van der Waals surface area (Å²) < 4.78 is 38.8. The van der Waals surface area contributed by atoms with Crippen molar-refractivity contribution < 1.29 is 18.3 Å². The van der Waals surface area contributed by atoms with Gasteiger partial charge in [-0.1, -0.05) is 13.0 Å². The lowest BCUT2D eigenvalue weighted by molar-refractivity contribution is 0.128. The molecule has 0 fully saturated rings. The number of rotatable bonds is 9. The van der Waals surface area contributed by atoms with Crippen molar-refractivity contribution in [3.05, 3.63) is 104 Å². The summed E-state index contributed by atoms with van der Waals surface area (Å²) in [5.74, 6) is -0.789. The summed E-state index contributed by atoms with van der Waals surface area (Å²) in [5.41, 5.74) is 0.885. The third-order valence-corrected chi connectivity index (χ3v) is 6.00. The SMILES string of the molecule is COc1ccc(N(CC(C)c2cc(F)cc(F)c2)c2cccc(Nc3c(OC(C)(C)C)c(=O)c3=O)c2)cc1. The highest BCUT2D eigenvalue weighted by Gasteiger charge is 2.27.